The zero-order chi connectivity index (χ0) is 16.3. The molecule has 0 radical (unpaired) electrons. The molecular weight excluding hydrogens is 348 g/mol. The van der Waals surface area contributed by atoms with Crippen LogP contribution in [0.3, 0.4) is 0 Å². The summed E-state index contributed by atoms with van der Waals surface area (Å²) < 4.78 is 6.15. The Morgan fingerprint density at radius 3 is 2.82 bits per heavy atom. The summed E-state index contributed by atoms with van der Waals surface area (Å²) in [7, 11) is 0. The van der Waals surface area contributed by atoms with E-state index >= 15 is 0 Å². The molecule has 1 amide bonds. The molecule has 1 N–H and O–H groups in total. The van der Waals surface area contributed by atoms with Crippen LogP contribution in [0.5, 0.6) is 0 Å². The van der Waals surface area contributed by atoms with Crippen LogP contribution in [0.4, 0.5) is 10.5 Å². The maximum atomic E-state index is 11.8. The Balaban J connectivity index is 1.98. The monoisotopic (exact) mass is 368 g/mol. The molecule has 0 spiro atoms. The summed E-state index contributed by atoms with van der Waals surface area (Å²) in [6, 6.07) is 5.66. The van der Waals surface area contributed by atoms with E-state index in [2.05, 4.69) is 26.1 Å². The lowest BCUT2D eigenvalue weighted by Crippen LogP contribution is -2.40. The van der Waals surface area contributed by atoms with Gasteiger partial charge in [0, 0.05) is 28.8 Å². The fourth-order valence-electron chi connectivity index (χ4n) is 2.48. The molecule has 1 atom stereocenters. The van der Waals surface area contributed by atoms with Crippen LogP contribution in [0.2, 0.25) is 0 Å². The molecule has 120 valence electrons. The van der Waals surface area contributed by atoms with Crippen LogP contribution in [0.1, 0.15) is 37.6 Å². The van der Waals surface area contributed by atoms with Gasteiger partial charge < -0.3 is 15.0 Å². The molecule has 1 aliphatic heterocycles. The lowest BCUT2D eigenvalue weighted by molar-refractivity contribution is 0.0509. The van der Waals surface area contributed by atoms with Gasteiger partial charge in [-0.05, 0) is 45.4 Å². The van der Waals surface area contributed by atoms with Crippen LogP contribution >= 0.6 is 15.9 Å². The number of rotatable bonds is 3. The van der Waals surface area contributed by atoms with Crippen molar-refractivity contribution in [1.29, 1.82) is 0 Å². The molecule has 6 heteroatoms. The Hall–Kier alpha value is -1.56. The number of aldehydes is 1. The van der Waals surface area contributed by atoms with Crippen molar-refractivity contribution in [2.45, 2.75) is 38.8 Å². The van der Waals surface area contributed by atoms with Gasteiger partial charge in [0.1, 0.15) is 5.60 Å². The number of anilines is 1. The van der Waals surface area contributed by atoms with Crippen molar-refractivity contribution < 1.29 is 14.3 Å². The normalized spacial score (nSPS) is 18.2. The van der Waals surface area contributed by atoms with Gasteiger partial charge in [-0.3, -0.25) is 4.79 Å². The number of halogens is 1. The predicted molar refractivity (Wildman–Crippen MR) is 89.5 cm³/mol. The highest BCUT2D eigenvalue weighted by atomic mass is 79.9. The van der Waals surface area contributed by atoms with E-state index in [1.54, 1.807) is 6.07 Å². The zero-order valence-electron chi connectivity index (χ0n) is 13.1. The molecule has 1 aromatic rings. The van der Waals surface area contributed by atoms with E-state index in [1.165, 1.54) is 0 Å². The molecule has 0 saturated carbocycles. The second-order valence-corrected chi connectivity index (χ2v) is 7.31. The van der Waals surface area contributed by atoms with E-state index in [0.717, 1.165) is 29.4 Å². The van der Waals surface area contributed by atoms with Crippen LogP contribution in [0, 0.1) is 0 Å². The van der Waals surface area contributed by atoms with Crippen molar-refractivity contribution in [1.82, 2.24) is 5.32 Å². The fourth-order valence-corrected chi connectivity index (χ4v) is 2.86. The van der Waals surface area contributed by atoms with Crippen molar-refractivity contribution in [3.8, 4) is 0 Å². The average Bonchev–Trinajstić information content (AvgIpc) is 2.84. The number of benzene rings is 1. The molecule has 22 heavy (non-hydrogen) atoms. The molecule has 1 aliphatic rings. The van der Waals surface area contributed by atoms with Gasteiger partial charge in [0.15, 0.2) is 6.29 Å². The van der Waals surface area contributed by atoms with Crippen LogP contribution in [0.25, 0.3) is 0 Å². The van der Waals surface area contributed by atoms with E-state index in [1.807, 2.05) is 32.9 Å². The molecule has 0 unspecified atom stereocenters. The topological polar surface area (TPSA) is 58.6 Å². The first-order chi connectivity index (χ1) is 10.3. The maximum absolute atomic E-state index is 11.8. The summed E-state index contributed by atoms with van der Waals surface area (Å²) in [6.07, 6.45) is 1.29. The predicted octanol–water partition coefficient (Wildman–Crippen LogP) is 3.37. The van der Waals surface area contributed by atoms with E-state index in [9.17, 15) is 9.59 Å². The first-order valence-corrected chi connectivity index (χ1v) is 8.07. The molecule has 2 rings (SSSR count). The van der Waals surface area contributed by atoms with Crippen LogP contribution < -0.4 is 10.2 Å². The smallest absolute Gasteiger partial charge is 0.407 e. The van der Waals surface area contributed by atoms with E-state index in [4.69, 9.17) is 4.74 Å². The number of hydrogen-bond acceptors (Lipinski definition) is 4. The second-order valence-electron chi connectivity index (χ2n) is 6.40. The van der Waals surface area contributed by atoms with Crippen LogP contribution in [-0.4, -0.2) is 37.1 Å². The third-order valence-corrected chi connectivity index (χ3v) is 3.86. The summed E-state index contributed by atoms with van der Waals surface area (Å²) >= 11 is 3.37. The van der Waals surface area contributed by atoms with Crippen molar-refractivity contribution in [2.24, 2.45) is 0 Å². The van der Waals surface area contributed by atoms with Gasteiger partial charge in [0.2, 0.25) is 0 Å². The molecule has 5 nitrogen and oxygen atoms in total. The molecule has 1 fully saturated rings. The zero-order valence-corrected chi connectivity index (χ0v) is 14.6. The lowest BCUT2D eigenvalue weighted by Gasteiger charge is -2.23. The number of ether oxygens (including phenoxy) is 1. The lowest BCUT2D eigenvalue weighted by atomic mass is 10.2. The van der Waals surface area contributed by atoms with Crippen molar-refractivity contribution in [3.05, 3.63) is 28.2 Å². The highest BCUT2D eigenvalue weighted by Crippen LogP contribution is 2.26. The van der Waals surface area contributed by atoms with Gasteiger partial charge in [-0.15, -0.1) is 0 Å². The summed E-state index contributed by atoms with van der Waals surface area (Å²) in [5, 5.41) is 2.88. The van der Waals surface area contributed by atoms with Gasteiger partial charge in [0.25, 0.3) is 0 Å². The van der Waals surface area contributed by atoms with Crippen molar-refractivity contribution in [2.75, 3.05) is 18.0 Å². The van der Waals surface area contributed by atoms with Gasteiger partial charge in [-0.2, -0.15) is 0 Å². The number of carbonyl (C=O) groups excluding carboxylic acids is 2. The van der Waals surface area contributed by atoms with E-state index < -0.39 is 11.7 Å². The highest BCUT2D eigenvalue weighted by Gasteiger charge is 2.27. The summed E-state index contributed by atoms with van der Waals surface area (Å²) in [5.41, 5.74) is 1.04. The van der Waals surface area contributed by atoms with Gasteiger partial charge in [0.05, 0.1) is 6.04 Å². The summed E-state index contributed by atoms with van der Waals surface area (Å²) in [6.45, 7) is 6.98. The molecule has 1 aromatic carbocycles. The molecule has 0 aromatic heterocycles. The van der Waals surface area contributed by atoms with Gasteiger partial charge in [-0.1, -0.05) is 15.9 Å². The van der Waals surface area contributed by atoms with Gasteiger partial charge >= 0.3 is 6.09 Å². The molecule has 1 heterocycles. The molecule has 1 saturated heterocycles. The van der Waals surface area contributed by atoms with E-state index in [0.29, 0.717) is 12.1 Å². The minimum absolute atomic E-state index is 0.0259. The Bertz CT molecular complexity index is 569. The molecule has 0 aliphatic carbocycles. The van der Waals surface area contributed by atoms with Crippen molar-refractivity contribution >= 4 is 34.0 Å². The Morgan fingerprint density at radius 2 is 2.18 bits per heavy atom. The van der Waals surface area contributed by atoms with E-state index in [-0.39, 0.29) is 6.04 Å². The minimum atomic E-state index is -0.501. The number of nitrogens with zero attached hydrogens (tertiary/aromatic N) is 1. The van der Waals surface area contributed by atoms with Gasteiger partial charge in [-0.25, -0.2) is 4.79 Å². The second kappa shape index (κ2) is 6.69. The first kappa shape index (κ1) is 16.8. The molecular formula is C16H21BrN2O3. The summed E-state index contributed by atoms with van der Waals surface area (Å²) in [5.74, 6) is 0. The summed E-state index contributed by atoms with van der Waals surface area (Å²) in [4.78, 5) is 25.1. The number of hydrogen-bond donors (Lipinski definition) is 1. The number of alkyl carbamates (subject to hydrolysis) is 1. The average molecular weight is 369 g/mol. The van der Waals surface area contributed by atoms with Crippen LogP contribution in [-0.2, 0) is 4.74 Å². The maximum Gasteiger partial charge on any atom is 0.407 e. The first-order valence-electron chi connectivity index (χ1n) is 7.27. The van der Waals surface area contributed by atoms with Crippen molar-refractivity contribution in [3.63, 3.8) is 0 Å². The quantitative estimate of drug-likeness (QED) is 0.830. The number of nitrogens with one attached hydrogen (secondary N) is 1. The SMILES string of the molecule is CC(C)(C)OC(=O)N[C@@H]1CCN(c2ccc(Br)cc2C=O)C1. The fraction of sp³-hybridized carbons (Fsp3) is 0.500. The minimum Gasteiger partial charge on any atom is -0.444 e. The number of carbonyl (C=O) groups is 2. The Kier molecular flexibility index (Phi) is 5.11. The third-order valence-electron chi connectivity index (χ3n) is 3.37. The van der Waals surface area contributed by atoms with Crippen LogP contribution in [0.15, 0.2) is 22.7 Å². The third kappa shape index (κ3) is 4.47. The standard InChI is InChI=1S/C16H21BrN2O3/c1-16(2,3)22-15(21)18-13-6-7-19(9-13)14-5-4-12(17)8-11(14)10-20/h4-5,8,10,13H,6-7,9H2,1-3H3,(H,18,21)/t13-/m1/s1. The Morgan fingerprint density at radius 1 is 1.45 bits per heavy atom. The Labute approximate surface area is 139 Å². The molecule has 0 bridgehead atoms. The largest absolute Gasteiger partial charge is 0.444 e. The highest BCUT2D eigenvalue weighted by molar-refractivity contribution is 9.10. The number of amides is 1.